The van der Waals surface area contributed by atoms with E-state index in [1.54, 1.807) is 0 Å². The van der Waals surface area contributed by atoms with Gasteiger partial charge >= 0.3 is 0 Å². The molecule has 0 radical (unpaired) electrons. The molecule has 0 saturated heterocycles. The Bertz CT molecular complexity index is 390. The van der Waals surface area contributed by atoms with Crippen LogP contribution in [0.4, 0.5) is 5.69 Å². The molecule has 108 valence electrons. The van der Waals surface area contributed by atoms with Crippen LogP contribution in [0.3, 0.4) is 0 Å². The van der Waals surface area contributed by atoms with Crippen molar-refractivity contribution in [1.82, 2.24) is 5.32 Å². The van der Waals surface area contributed by atoms with E-state index >= 15 is 0 Å². The number of hydrogen-bond donors (Lipinski definition) is 2. The molecule has 0 heterocycles. The van der Waals surface area contributed by atoms with Crippen molar-refractivity contribution in [2.45, 2.75) is 33.8 Å². The first-order valence-electron chi connectivity index (χ1n) is 7.07. The van der Waals surface area contributed by atoms with Crippen molar-refractivity contribution in [1.29, 1.82) is 0 Å². The van der Waals surface area contributed by atoms with Crippen LogP contribution in [0.15, 0.2) is 18.2 Å². The van der Waals surface area contributed by atoms with Crippen LogP contribution in [0.1, 0.15) is 25.0 Å². The zero-order valence-corrected chi connectivity index (χ0v) is 12.9. The van der Waals surface area contributed by atoms with Gasteiger partial charge in [-0.1, -0.05) is 31.5 Å². The van der Waals surface area contributed by atoms with E-state index in [1.165, 1.54) is 16.8 Å². The van der Waals surface area contributed by atoms with Gasteiger partial charge in [-0.25, -0.2) is 0 Å². The van der Waals surface area contributed by atoms with Crippen LogP contribution < -0.4 is 10.2 Å². The van der Waals surface area contributed by atoms with Gasteiger partial charge in [-0.05, 0) is 37.9 Å². The lowest BCUT2D eigenvalue weighted by Gasteiger charge is -2.25. The maximum atomic E-state index is 10.0. The van der Waals surface area contributed by atoms with Crippen LogP contribution in [0.25, 0.3) is 0 Å². The molecule has 2 N–H and O–H groups in total. The smallest absolute Gasteiger partial charge is 0.0839 e. The fourth-order valence-corrected chi connectivity index (χ4v) is 2.25. The highest BCUT2D eigenvalue weighted by Gasteiger charge is 2.10. The summed E-state index contributed by atoms with van der Waals surface area (Å²) >= 11 is 0. The second kappa shape index (κ2) is 7.51. The van der Waals surface area contributed by atoms with Gasteiger partial charge in [-0.15, -0.1) is 0 Å². The highest BCUT2D eigenvalue weighted by atomic mass is 16.3. The summed E-state index contributed by atoms with van der Waals surface area (Å²) in [6, 6.07) is 6.41. The van der Waals surface area contributed by atoms with Crippen LogP contribution in [-0.2, 0) is 0 Å². The minimum atomic E-state index is -0.343. The third-order valence-electron chi connectivity index (χ3n) is 3.18. The maximum Gasteiger partial charge on any atom is 0.0839 e. The number of aliphatic hydroxyl groups excluding tert-OH is 1. The molecule has 1 aromatic carbocycles. The zero-order chi connectivity index (χ0) is 14.4. The largest absolute Gasteiger partial charge is 0.390 e. The number of aryl methyl sites for hydroxylation is 2. The molecule has 0 bridgehead atoms. The zero-order valence-electron chi connectivity index (χ0n) is 12.9. The van der Waals surface area contributed by atoms with Crippen LogP contribution in [0.2, 0.25) is 0 Å². The molecule has 0 aromatic heterocycles. The molecule has 1 atom stereocenters. The Balaban J connectivity index is 2.47. The summed E-state index contributed by atoms with van der Waals surface area (Å²) < 4.78 is 0. The fraction of sp³-hybridized carbons (Fsp3) is 0.625. The molecule has 0 amide bonds. The Morgan fingerprint density at radius 1 is 1.21 bits per heavy atom. The van der Waals surface area contributed by atoms with E-state index in [9.17, 15) is 5.11 Å². The fourth-order valence-electron chi connectivity index (χ4n) is 2.25. The van der Waals surface area contributed by atoms with Crippen LogP contribution in [-0.4, -0.2) is 37.9 Å². The van der Waals surface area contributed by atoms with E-state index in [0.29, 0.717) is 19.0 Å². The maximum absolute atomic E-state index is 10.0. The summed E-state index contributed by atoms with van der Waals surface area (Å²) in [5.74, 6) is 0.615. The number of aliphatic hydroxyl groups is 1. The Morgan fingerprint density at radius 2 is 1.89 bits per heavy atom. The second-order valence-electron chi connectivity index (χ2n) is 5.88. The number of rotatable bonds is 7. The topological polar surface area (TPSA) is 35.5 Å². The van der Waals surface area contributed by atoms with Crippen molar-refractivity contribution in [3.05, 3.63) is 29.3 Å². The highest BCUT2D eigenvalue weighted by molar-refractivity contribution is 5.53. The summed E-state index contributed by atoms with van der Waals surface area (Å²) in [5, 5.41) is 13.3. The lowest BCUT2D eigenvalue weighted by atomic mass is 10.1. The molecule has 1 unspecified atom stereocenters. The minimum absolute atomic E-state index is 0.343. The standard InChI is InChI=1S/C16H28N2O/c1-12(2)9-17-10-15(19)11-18(5)16-7-6-13(3)8-14(16)4/h6-8,12,15,17,19H,9-11H2,1-5H3. The van der Waals surface area contributed by atoms with Gasteiger partial charge < -0.3 is 15.3 Å². The van der Waals surface area contributed by atoms with Gasteiger partial charge in [0.15, 0.2) is 0 Å². The summed E-state index contributed by atoms with van der Waals surface area (Å²) in [5.41, 5.74) is 3.71. The van der Waals surface area contributed by atoms with Gasteiger partial charge in [-0.2, -0.15) is 0 Å². The number of likely N-dealkylation sites (N-methyl/N-ethyl adjacent to an activating group) is 1. The van der Waals surface area contributed by atoms with Gasteiger partial charge in [-0.3, -0.25) is 0 Å². The first-order chi connectivity index (χ1) is 8.90. The third kappa shape index (κ3) is 5.62. The lowest BCUT2D eigenvalue weighted by molar-refractivity contribution is 0.177. The molecule has 0 fully saturated rings. The average Bonchev–Trinajstić information content (AvgIpc) is 2.27. The Kier molecular flexibility index (Phi) is 6.32. The lowest BCUT2D eigenvalue weighted by Crippen LogP contribution is -2.37. The number of anilines is 1. The quantitative estimate of drug-likeness (QED) is 0.793. The minimum Gasteiger partial charge on any atom is -0.390 e. The molecule has 1 rings (SSSR count). The number of nitrogens with one attached hydrogen (secondary N) is 1. The van der Waals surface area contributed by atoms with Crippen LogP contribution >= 0.6 is 0 Å². The third-order valence-corrected chi connectivity index (χ3v) is 3.18. The van der Waals surface area contributed by atoms with E-state index in [2.05, 4.69) is 56.1 Å². The van der Waals surface area contributed by atoms with Crippen molar-refractivity contribution in [3.8, 4) is 0 Å². The molecule has 19 heavy (non-hydrogen) atoms. The summed E-state index contributed by atoms with van der Waals surface area (Å²) in [7, 11) is 2.03. The van der Waals surface area contributed by atoms with Gasteiger partial charge in [0.05, 0.1) is 6.10 Å². The number of benzene rings is 1. The number of hydrogen-bond acceptors (Lipinski definition) is 3. The molecule has 0 aliphatic carbocycles. The molecule has 0 aliphatic rings. The average molecular weight is 264 g/mol. The van der Waals surface area contributed by atoms with Gasteiger partial charge in [0, 0.05) is 25.8 Å². The van der Waals surface area contributed by atoms with Crippen molar-refractivity contribution in [2.24, 2.45) is 5.92 Å². The summed E-state index contributed by atoms with van der Waals surface area (Å²) in [4.78, 5) is 2.12. The van der Waals surface area contributed by atoms with Crippen molar-refractivity contribution < 1.29 is 5.11 Å². The van der Waals surface area contributed by atoms with E-state index in [4.69, 9.17) is 0 Å². The molecule has 0 saturated carbocycles. The molecular formula is C16H28N2O. The SMILES string of the molecule is Cc1ccc(N(C)CC(O)CNCC(C)C)c(C)c1. The van der Waals surface area contributed by atoms with E-state index in [0.717, 1.165) is 6.54 Å². The van der Waals surface area contributed by atoms with Crippen molar-refractivity contribution in [3.63, 3.8) is 0 Å². The Morgan fingerprint density at radius 3 is 2.47 bits per heavy atom. The molecular weight excluding hydrogens is 236 g/mol. The summed E-state index contributed by atoms with van der Waals surface area (Å²) in [6.07, 6.45) is -0.343. The van der Waals surface area contributed by atoms with E-state index < -0.39 is 0 Å². The van der Waals surface area contributed by atoms with E-state index in [-0.39, 0.29) is 6.10 Å². The Labute approximate surface area is 117 Å². The monoisotopic (exact) mass is 264 g/mol. The predicted molar refractivity (Wildman–Crippen MR) is 82.9 cm³/mol. The molecule has 1 aromatic rings. The van der Waals surface area contributed by atoms with Gasteiger partial charge in [0.2, 0.25) is 0 Å². The first-order valence-corrected chi connectivity index (χ1v) is 7.07. The second-order valence-corrected chi connectivity index (χ2v) is 5.88. The molecule has 0 spiro atoms. The van der Waals surface area contributed by atoms with Crippen molar-refractivity contribution in [2.75, 3.05) is 31.6 Å². The highest BCUT2D eigenvalue weighted by Crippen LogP contribution is 2.19. The molecule has 0 aliphatic heterocycles. The van der Waals surface area contributed by atoms with E-state index in [1.807, 2.05) is 7.05 Å². The van der Waals surface area contributed by atoms with Crippen LogP contribution in [0.5, 0.6) is 0 Å². The predicted octanol–water partition coefficient (Wildman–Crippen LogP) is 2.35. The summed E-state index contributed by atoms with van der Waals surface area (Å²) in [6.45, 7) is 10.8. The number of nitrogens with zero attached hydrogens (tertiary/aromatic N) is 1. The van der Waals surface area contributed by atoms with Gasteiger partial charge in [0.25, 0.3) is 0 Å². The van der Waals surface area contributed by atoms with Crippen LogP contribution in [0, 0.1) is 19.8 Å². The molecule has 3 nitrogen and oxygen atoms in total. The van der Waals surface area contributed by atoms with Crippen molar-refractivity contribution >= 4 is 5.69 Å². The molecule has 3 heteroatoms. The van der Waals surface area contributed by atoms with Gasteiger partial charge in [0.1, 0.15) is 0 Å². The normalized spacial score (nSPS) is 12.8. The first kappa shape index (κ1) is 16.0. The Hall–Kier alpha value is -1.06.